The standard InChI is InChI=1S/C50H34N14O8S6.2Na.2H/c65-63-47(75-61-29-53-37-11-3-7-15-41(37)61)25-45(73-59-27-51-35-9-1-5-13-39(35)59)57-49(63)55-33-21-19-31(43(23-33)77(67,68)69)17-18-32-20-22-34(24-44(32)78(70,71)72)56-50-58-46(74-60-28-52-36-10-2-6-14-40(36)60)26-48(64(50)66)76-62-30-54-38-12-4-8-16-42(38)62;;;;/h1-30H,(H,55,57)(H,56,58)(H,67,68,69)(H,70,71,72);;;;/q;2*+1;2*-1. The Balaban J connectivity index is 0.00000220. The molecule has 6 heterocycles. The van der Waals surface area contributed by atoms with Crippen LogP contribution in [0.2, 0.25) is 0 Å². The number of hydrogen-bond acceptors (Lipinski definition) is 18. The van der Waals surface area contributed by atoms with Crippen LogP contribution in [-0.2, 0) is 20.2 Å². The minimum atomic E-state index is -4.99. The van der Waals surface area contributed by atoms with Crippen LogP contribution in [0.4, 0.5) is 23.3 Å². The molecule has 6 aromatic heterocycles. The fourth-order valence-electron chi connectivity index (χ4n) is 8.10. The normalized spacial score (nSPS) is 11.9. The van der Waals surface area contributed by atoms with E-state index in [4.69, 9.17) is 0 Å². The molecule has 0 aliphatic rings. The molecule has 80 heavy (non-hydrogen) atoms. The number of rotatable bonds is 16. The van der Waals surface area contributed by atoms with E-state index in [-0.39, 0.29) is 106 Å². The third kappa shape index (κ3) is 12.0. The number of fused-ring (bicyclic) bond motifs is 4. The van der Waals surface area contributed by atoms with Crippen LogP contribution in [0.1, 0.15) is 14.0 Å². The van der Waals surface area contributed by atoms with Gasteiger partial charge < -0.3 is 13.3 Å². The van der Waals surface area contributed by atoms with Crippen LogP contribution in [0.25, 0.3) is 56.3 Å². The number of anilines is 4. The number of aromatic nitrogens is 12. The zero-order valence-corrected chi connectivity index (χ0v) is 50.4. The van der Waals surface area contributed by atoms with Gasteiger partial charge in [-0.15, -0.1) is 0 Å². The summed E-state index contributed by atoms with van der Waals surface area (Å²) in [5, 5.41) is 35.1. The molecule has 0 spiro atoms. The van der Waals surface area contributed by atoms with Crippen LogP contribution in [0.5, 0.6) is 0 Å². The minimum absolute atomic E-state index is 0. The Labute approximate surface area is 518 Å². The summed E-state index contributed by atoms with van der Waals surface area (Å²) in [6.45, 7) is 0. The van der Waals surface area contributed by atoms with Crippen LogP contribution in [0.3, 0.4) is 0 Å². The first-order valence-corrected chi connectivity index (χ1v) is 28.8. The summed E-state index contributed by atoms with van der Waals surface area (Å²) in [5.74, 6) is -0.492. The zero-order valence-electron chi connectivity index (χ0n) is 43.5. The van der Waals surface area contributed by atoms with Crippen LogP contribution < -0.4 is 79.2 Å². The van der Waals surface area contributed by atoms with Gasteiger partial charge in [0.1, 0.15) is 46.5 Å². The number of para-hydroxylation sites is 8. The molecule has 0 saturated carbocycles. The quantitative estimate of drug-likeness (QED) is 0.0268. The molecule has 6 aromatic carbocycles. The number of hydrogen-bond donors (Lipinski definition) is 4. The maximum atomic E-state index is 14.1. The molecule has 0 radical (unpaired) electrons. The van der Waals surface area contributed by atoms with Crippen molar-refractivity contribution in [2.75, 3.05) is 10.6 Å². The van der Waals surface area contributed by atoms with E-state index in [0.717, 1.165) is 69.1 Å². The SMILES string of the molecule is O=S(=O)(O)c1cc(Nc2nc(Sn3cnc4ccccc43)cc(Sn3cnc4ccccc43)[n+]2[O-])ccc1C=Cc1ccc(Nc2nc(Sn3cnc4ccccc43)cc(Sn3cnc4ccccc43)[n+]2[O-])cc1S(=O)(=O)O.[H-].[H-].[Na+].[Na+]. The molecule has 0 saturated heterocycles. The van der Waals surface area contributed by atoms with Crippen molar-refractivity contribution in [3.63, 3.8) is 0 Å². The maximum Gasteiger partial charge on any atom is 1.00 e. The van der Waals surface area contributed by atoms with Gasteiger partial charge in [-0.05, 0) is 83.9 Å². The Morgan fingerprint density at radius 1 is 0.463 bits per heavy atom. The summed E-state index contributed by atoms with van der Waals surface area (Å²) in [7, 11) is -9.98. The third-order valence-electron chi connectivity index (χ3n) is 11.7. The largest absolute Gasteiger partial charge is 1.00 e. The minimum Gasteiger partial charge on any atom is -1.00 e. The number of imidazole rings is 4. The topological polar surface area (TPSA) is 284 Å². The predicted octanol–water partition coefficient (Wildman–Crippen LogP) is 3.75. The Kier molecular flexibility index (Phi) is 16.7. The molecule has 0 atom stereocenters. The van der Waals surface area contributed by atoms with E-state index in [2.05, 4.69) is 40.5 Å². The average Bonchev–Trinajstić information content (AvgIpc) is 4.32. The van der Waals surface area contributed by atoms with E-state index < -0.39 is 30.0 Å². The molecule has 392 valence electrons. The number of nitrogens with one attached hydrogen (secondary N) is 2. The van der Waals surface area contributed by atoms with Gasteiger partial charge in [0.05, 0.1) is 44.1 Å². The van der Waals surface area contributed by atoms with Crippen LogP contribution in [-0.4, -0.2) is 71.7 Å². The Morgan fingerprint density at radius 2 is 0.775 bits per heavy atom. The van der Waals surface area contributed by atoms with Crippen molar-refractivity contribution in [3.8, 4) is 0 Å². The molecule has 0 bridgehead atoms. The molecular formula is C50H36N14Na2O8S6. The second-order valence-corrected chi connectivity index (χ2v) is 23.5. The Bertz CT molecular complexity index is 4340. The molecule has 12 rings (SSSR count). The molecule has 12 aromatic rings. The van der Waals surface area contributed by atoms with Crippen molar-refractivity contribution in [2.45, 2.75) is 29.9 Å². The number of nitrogens with zero attached hydrogens (tertiary/aromatic N) is 12. The van der Waals surface area contributed by atoms with Crippen LogP contribution in [0, 0.1) is 10.4 Å². The summed E-state index contributed by atoms with van der Waals surface area (Å²) in [6.07, 6.45) is 8.87. The Hall–Kier alpha value is -6.48. The first kappa shape index (κ1) is 56.8. The molecule has 4 N–H and O–H groups in total. The Morgan fingerprint density at radius 3 is 1.10 bits per heavy atom. The van der Waals surface area contributed by atoms with Gasteiger partial charge in [-0.1, -0.05) is 82.8 Å². The summed E-state index contributed by atoms with van der Waals surface area (Å²) < 4.78 is 81.3. The van der Waals surface area contributed by atoms with Gasteiger partial charge in [-0.25, -0.2) is 40.0 Å². The van der Waals surface area contributed by atoms with Gasteiger partial charge in [-0.2, -0.15) is 16.8 Å². The van der Waals surface area contributed by atoms with E-state index in [9.17, 15) is 36.4 Å². The molecule has 0 aliphatic carbocycles. The van der Waals surface area contributed by atoms with Crippen molar-refractivity contribution in [1.29, 1.82) is 0 Å². The molecule has 22 nitrogen and oxygen atoms in total. The van der Waals surface area contributed by atoms with Crippen LogP contribution >= 0.6 is 47.8 Å². The fourth-order valence-corrected chi connectivity index (χ4v) is 13.1. The zero-order chi connectivity index (χ0) is 53.7. The van der Waals surface area contributed by atoms with Crippen molar-refractivity contribution in [1.82, 2.24) is 45.8 Å². The summed E-state index contributed by atoms with van der Waals surface area (Å²) >= 11 is 4.53. The summed E-state index contributed by atoms with van der Waals surface area (Å²) in [4.78, 5) is 25.7. The average molecular weight is 1200 g/mol. The molecule has 30 heteroatoms. The van der Waals surface area contributed by atoms with E-state index in [1.807, 2.05) is 97.1 Å². The van der Waals surface area contributed by atoms with Gasteiger partial charge in [0.15, 0.2) is 10.1 Å². The molecule has 0 unspecified atom stereocenters. The summed E-state index contributed by atoms with van der Waals surface area (Å²) in [5.41, 5.74) is 5.85. The van der Waals surface area contributed by atoms with E-state index in [1.54, 1.807) is 53.3 Å². The van der Waals surface area contributed by atoms with Crippen molar-refractivity contribution in [2.24, 2.45) is 0 Å². The smallest absolute Gasteiger partial charge is 1.00 e. The monoisotopic (exact) mass is 1200 g/mol. The third-order valence-corrected chi connectivity index (χ3v) is 17.2. The first-order chi connectivity index (χ1) is 37.7. The fraction of sp³-hybridized carbons (Fsp3) is 0. The predicted molar refractivity (Wildman–Crippen MR) is 301 cm³/mol. The van der Waals surface area contributed by atoms with Gasteiger partial charge in [0.25, 0.3) is 20.2 Å². The molecule has 0 amide bonds. The van der Waals surface area contributed by atoms with Crippen molar-refractivity contribution >= 4 is 148 Å². The first-order valence-electron chi connectivity index (χ1n) is 22.8. The summed E-state index contributed by atoms with van der Waals surface area (Å²) in [6, 6.07) is 40.6. The van der Waals surface area contributed by atoms with Crippen molar-refractivity contribution in [3.05, 3.63) is 192 Å². The van der Waals surface area contributed by atoms with E-state index in [1.165, 1.54) is 60.3 Å². The second kappa shape index (κ2) is 23.5. The van der Waals surface area contributed by atoms with E-state index >= 15 is 0 Å². The second-order valence-electron chi connectivity index (χ2n) is 16.7. The maximum absolute atomic E-state index is 14.1. The molecular weight excluding hydrogens is 1160 g/mol. The van der Waals surface area contributed by atoms with Gasteiger partial charge in [0.2, 0.25) is 10.1 Å². The number of benzene rings is 6. The van der Waals surface area contributed by atoms with Crippen LogP contribution in [0.15, 0.2) is 201 Å². The van der Waals surface area contributed by atoms with E-state index in [0.29, 0.717) is 30.5 Å². The molecule has 0 fully saturated rings. The molecule has 0 aliphatic heterocycles. The van der Waals surface area contributed by atoms with Gasteiger partial charge in [-0.3, -0.25) is 25.0 Å². The van der Waals surface area contributed by atoms with Gasteiger partial charge >= 0.3 is 71.0 Å². The van der Waals surface area contributed by atoms with Gasteiger partial charge in [0, 0.05) is 59.9 Å². The van der Waals surface area contributed by atoms with Crippen molar-refractivity contribution < 1.29 is 97.4 Å².